The predicted molar refractivity (Wildman–Crippen MR) is 90.7 cm³/mol. The zero-order chi connectivity index (χ0) is 18.2. The van der Waals surface area contributed by atoms with Crippen molar-refractivity contribution in [1.82, 2.24) is 25.2 Å². The minimum atomic E-state index is -0.524. The number of ether oxygens (including phenoxy) is 1. The molecule has 0 spiro atoms. The van der Waals surface area contributed by atoms with E-state index in [0.29, 0.717) is 24.6 Å². The third-order valence-electron chi connectivity index (χ3n) is 3.70. The average Bonchev–Trinajstić information content (AvgIpc) is 3.11. The van der Waals surface area contributed by atoms with Gasteiger partial charge in [0.15, 0.2) is 0 Å². The van der Waals surface area contributed by atoms with Gasteiger partial charge in [-0.05, 0) is 32.9 Å². The highest BCUT2D eigenvalue weighted by atomic mass is 16.6. The Hall–Kier alpha value is -2.90. The average molecular weight is 343 g/mol. The van der Waals surface area contributed by atoms with Gasteiger partial charge in [0.1, 0.15) is 17.1 Å². The van der Waals surface area contributed by atoms with Crippen LogP contribution in [-0.2, 0) is 17.8 Å². The number of H-pyrrole nitrogens is 1. The molecule has 0 atom stereocenters. The van der Waals surface area contributed by atoms with Crippen molar-refractivity contribution in [2.75, 3.05) is 7.05 Å². The number of pyridine rings is 1. The van der Waals surface area contributed by atoms with Gasteiger partial charge in [0, 0.05) is 18.8 Å². The fraction of sp³-hybridized carbons (Fsp3) is 0.412. The number of carbonyl (C=O) groups is 2. The van der Waals surface area contributed by atoms with E-state index in [9.17, 15) is 9.59 Å². The van der Waals surface area contributed by atoms with Crippen LogP contribution in [0.1, 0.15) is 42.6 Å². The fourth-order valence-electron chi connectivity index (χ4n) is 2.52. The Bertz CT molecular complexity index is 781. The molecule has 0 unspecified atom stereocenters. The van der Waals surface area contributed by atoms with Crippen molar-refractivity contribution in [2.24, 2.45) is 0 Å². The number of fused-ring (bicyclic) bond motifs is 1. The lowest BCUT2D eigenvalue weighted by atomic mass is 10.2. The standard InChI is InChI=1S/C17H21N5O3/c1-17(2,3)25-16(24)22-8-12-13(9-22)21-14(20-12)10-5-6-11(19-7-10)15(23)18-4/h5-7H,8-9H2,1-4H3,(H,18,23)(H,20,21). The third kappa shape index (κ3) is 3.62. The van der Waals surface area contributed by atoms with Gasteiger partial charge in [-0.2, -0.15) is 0 Å². The lowest BCUT2D eigenvalue weighted by Crippen LogP contribution is -2.33. The van der Waals surface area contributed by atoms with Crippen molar-refractivity contribution >= 4 is 12.0 Å². The molecule has 0 fully saturated rings. The van der Waals surface area contributed by atoms with E-state index >= 15 is 0 Å². The van der Waals surface area contributed by atoms with E-state index in [0.717, 1.165) is 17.0 Å². The van der Waals surface area contributed by atoms with Gasteiger partial charge < -0.3 is 15.0 Å². The second-order valence-corrected chi connectivity index (χ2v) is 6.86. The van der Waals surface area contributed by atoms with Crippen molar-refractivity contribution in [3.05, 3.63) is 35.4 Å². The Morgan fingerprint density at radius 2 is 2.04 bits per heavy atom. The van der Waals surface area contributed by atoms with Crippen molar-refractivity contribution < 1.29 is 14.3 Å². The topological polar surface area (TPSA) is 100 Å². The van der Waals surface area contributed by atoms with Crippen molar-refractivity contribution in [2.45, 2.75) is 39.5 Å². The molecular formula is C17H21N5O3. The molecule has 8 heteroatoms. The summed E-state index contributed by atoms with van der Waals surface area (Å²) in [5.74, 6) is 0.436. The lowest BCUT2D eigenvalue weighted by molar-refractivity contribution is 0.0239. The normalized spacial score (nSPS) is 13.5. The summed E-state index contributed by atoms with van der Waals surface area (Å²) in [5, 5.41) is 2.53. The van der Waals surface area contributed by atoms with Crippen molar-refractivity contribution in [3.63, 3.8) is 0 Å². The van der Waals surface area contributed by atoms with Crippen LogP contribution in [0.4, 0.5) is 4.79 Å². The van der Waals surface area contributed by atoms with Crippen LogP contribution in [0.25, 0.3) is 11.4 Å². The number of amides is 2. The molecule has 0 saturated heterocycles. The number of hydrogen-bond acceptors (Lipinski definition) is 5. The molecule has 3 rings (SSSR count). The number of nitrogens with zero attached hydrogens (tertiary/aromatic N) is 3. The number of aromatic nitrogens is 3. The van der Waals surface area contributed by atoms with Crippen molar-refractivity contribution in [1.29, 1.82) is 0 Å². The maximum Gasteiger partial charge on any atom is 0.410 e. The van der Waals surface area contributed by atoms with Crippen LogP contribution in [0.3, 0.4) is 0 Å². The van der Waals surface area contributed by atoms with E-state index < -0.39 is 5.60 Å². The highest BCUT2D eigenvalue weighted by Gasteiger charge is 2.30. The highest BCUT2D eigenvalue weighted by molar-refractivity contribution is 5.92. The predicted octanol–water partition coefficient (Wildman–Crippen LogP) is 2.08. The summed E-state index contributed by atoms with van der Waals surface area (Å²) in [6.07, 6.45) is 1.25. The Morgan fingerprint density at radius 1 is 1.28 bits per heavy atom. The molecule has 0 saturated carbocycles. The van der Waals surface area contributed by atoms with E-state index in [1.807, 2.05) is 20.8 Å². The van der Waals surface area contributed by atoms with Crippen LogP contribution in [-0.4, -0.2) is 44.5 Å². The van der Waals surface area contributed by atoms with Gasteiger partial charge in [0.05, 0.1) is 24.5 Å². The van der Waals surface area contributed by atoms with Gasteiger partial charge in [0.2, 0.25) is 0 Å². The first kappa shape index (κ1) is 16.9. The number of rotatable bonds is 2. The van der Waals surface area contributed by atoms with Gasteiger partial charge >= 0.3 is 6.09 Å². The maximum absolute atomic E-state index is 12.1. The summed E-state index contributed by atoms with van der Waals surface area (Å²) in [7, 11) is 1.56. The summed E-state index contributed by atoms with van der Waals surface area (Å²) < 4.78 is 5.38. The van der Waals surface area contributed by atoms with Crippen LogP contribution in [0, 0.1) is 0 Å². The quantitative estimate of drug-likeness (QED) is 0.869. The van der Waals surface area contributed by atoms with Gasteiger partial charge in [0.25, 0.3) is 5.91 Å². The number of hydrogen-bond donors (Lipinski definition) is 2. The minimum absolute atomic E-state index is 0.235. The second-order valence-electron chi connectivity index (χ2n) is 6.86. The molecule has 25 heavy (non-hydrogen) atoms. The number of nitrogens with one attached hydrogen (secondary N) is 2. The number of imidazole rings is 1. The Balaban J connectivity index is 1.71. The van der Waals surface area contributed by atoms with Crippen LogP contribution < -0.4 is 5.32 Å². The third-order valence-corrected chi connectivity index (χ3v) is 3.70. The number of aromatic amines is 1. The van der Waals surface area contributed by atoms with E-state index in [-0.39, 0.29) is 12.0 Å². The van der Waals surface area contributed by atoms with Crippen LogP contribution in [0.2, 0.25) is 0 Å². The molecule has 2 aromatic heterocycles. The first-order chi connectivity index (χ1) is 11.8. The van der Waals surface area contributed by atoms with E-state index in [1.165, 1.54) is 0 Å². The Morgan fingerprint density at radius 3 is 2.60 bits per heavy atom. The Labute approximate surface area is 145 Å². The van der Waals surface area contributed by atoms with Gasteiger partial charge in [-0.15, -0.1) is 0 Å². The monoisotopic (exact) mass is 343 g/mol. The summed E-state index contributed by atoms with van der Waals surface area (Å²) in [5.41, 5.74) is 2.31. The van der Waals surface area contributed by atoms with Crippen LogP contribution in [0.15, 0.2) is 18.3 Å². The first-order valence-corrected chi connectivity index (χ1v) is 8.01. The molecule has 1 aliphatic rings. The van der Waals surface area contributed by atoms with E-state index in [2.05, 4.69) is 20.3 Å². The molecule has 8 nitrogen and oxygen atoms in total. The molecule has 3 heterocycles. The second kappa shape index (κ2) is 6.19. The molecule has 0 radical (unpaired) electrons. The molecule has 2 amide bonds. The fourth-order valence-corrected chi connectivity index (χ4v) is 2.52. The molecule has 132 valence electrons. The molecular weight excluding hydrogens is 322 g/mol. The summed E-state index contributed by atoms with van der Waals surface area (Å²) in [6, 6.07) is 3.44. The summed E-state index contributed by atoms with van der Waals surface area (Å²) in [6.45, 7) is 6.36. The Kier molecular flexibility index (Phi) is 4.20. The lowest BCUT2D eigenvalue weighted by Gasteiger charge is -2.24. The summed E-state index contributed by atoms with van der Waals surface area (Å²) >= 11 is 0. The van der Waals surface area contributed by atoms with Gasteiger partial charge in [-0.3, -0.25) is 14.7 Å². The zero-order valence-electron chi connectivity index (χ0n) is 14.7. The summed E-state index contributed by atoms with van der Waals surface area (Å²) in [4.78, 5) is 37.2. The van der Waals surface area contributed by atoms with Crippen molar-refractivity contribution in [3.8, 4) is 11.4 Å². The first-order valence-electron chi connectivity index (χ1n) is 8.01. The van der Waals surface area contributed by atoms with Crippen LogP contribution in [0.5, 0.6) is 0 Å². The molecule has 2 N–H and O–H groups in total. The molecule has 2 aromatic rings. The number of carbonyl (C=O) groups excluding carboxylic acids is 2. The van der Waals surface area contributed by atoms with Gasteiger partial charge in [-0.1, -0.05) is 0 Å². The van der Waals surface area contributed by atoms with Gasteiger partial charge in [-0.25, -0.2) is 9.78 Å². The molecule has 0 bridgehead atoms. The maximum atomic E-state index is 12.1. The molecule has 0 aliphatic carbocycles. The zero-order valence-corrected chi connectivity index (χ0v) is 14.7. The van der Waals surface area contributed by atoms with E-state index in [1.54, 1.807) is 30.3 Å². The van der Waals surface area contributed by atoms with Crippen LogP contribution >= 0.6 is 0 Å². The largest absolute Gasteiger partial charge is 0.444 e. The SMILES string of the molecule is CNC(=O)c1ccc(-c2nc3c([nH]2)CN(C(=O)OC(C)(C)C)C3)cn1. The smallest absolute Gasteiger partial charge is 0.410 e. The molecule has 1 aliphatic heterocycles. The van der Waals surface area contributed by atoms with E-state index in [4.69, 9.17) is 4.74 Å². The highest BCUT2D eigenvalue weighted by Crippen LogP contribution is 2.26. The minimum Gasteiger partial charge on any atom is -0.444 e. The molecule has 0 aromatic carbocycles.